The third-order valence-corrected chi connectivity index (χ3v) is 6.54. The number of benzene rings is 3. The summed E-state index contributed by atoms with van der Waals surface area (Å²) in [6, 6.07) is 18.3. The number of hydrogen-bond donors (Lipinski definition) is 1. The fraction of sp³-hybridized carbons (Fsp3) is 0.174. The maximum absolute atomic E-state index is 13.0. The van der Waals surface area contributed by atoms with E-state index in [1.165, 1.54) is 41.3 Å². The van der Waals surface area contributed by atoms with Gasteiger partial charge in [-0.25, -0.2) is 8.42 Å². The lowest BCUT2D eigenvalue weighted by Gasteiger charge is -2.25. The van der Waals surface area contributed by atoms with Crippen LogP contribution in [-0.2, 0) is 10.0 Å². The van der Waals surface area contributed by atoms with Crippen LogP contribution in [0.4, 0.5) is 11.4 Å². The zero-order chi connectivity index (χ0) is 23.5. The van der Waals surface area contributed by atoms with E-state index in [2.05, 4.69) is 4.72 Å². The third-order valence-electron chi connectivity index (χ3n) is 5.16. The van der Waals surface area contributed by atoms with Crippen molar-refractivity contribution < 1.29 is 18.1 Å². The summed E-state index contributed by atoms with van der Waals surface area (Å²) in [4.78, 5) is 25.0. The van der Waals surface area contributed by atoms with Gasteiger partial charge in [-0.15, -0.1) is 0 Å². The molecule has 0 bridgehead atoms. The summed E-state index contributed by atoms with van der Waals surface area (Å²) < 4.78 is 28.1. The van der Waals surface area contributed by atoms with Crippen LogP contribution < -0.4 is 4.72 Å². The first-order valence-electron chi connectivity index (χ1n) is 9.79. The Hall–Kier alpha value is -3.72. The first kappa shape index (κ1) is 23.0. The quantitative estimate of drug-likeness (QED) is 0.417. The number of rotatable bonds is 7. The van der Waals surface area contributed by atoms with E-state index < -0.39 is 26.9 Å². The van der Waals surface area contributed by atoms with Gasteiger partial charge in [0.2, 0.25) is 0 Å². The van der Waals surface area contributed by atoms with Crippen LogP contribution in [0.1, 0.15) is 34.5 Å². The van der Waals surface area contributed by atoms with Gasteiger partial charge >= 0.3 is 0 Å². The van der Waals surface area contributed by atoms with Crippen molar-refractivity contribution in [3.63, 3.8) is 0 Å². The standard InChI is InChI=1S/C23H23N3O5S/c1-16-10-12-20(13-11-16)24-32(30,31)22-9-5-7-19(15-22)23(27)25(3)17(2)18-6-4-8-21(14-18)26(28)29/h4-15,17,24H,1-3H3/t17-/m1/s1. The molecule has 0 heterocycles. The number of anilines is 1. The van der Waals surface area contributed by atoms with E-state index in [1.54, 1.807) is 50.4 Å². The SMILES string of the molecule is Cc1ccc(NS(=O)(=O)c2cccc(C(=O)N(C)[C@H](C)c3cccc([N+](=O)[O-])c3)c2)cc1. The molecular weight excluding hydrogens is 430 g/mol. The molecule has 0 aliphatic heterocycles. The van der Waals surface area contributed by atoms with Crippen LogP contribution in [0.25, 0.3) is 0 Å². The molecule has 0 aliphatic carbocycles. The minimum absolute atomic E-state index is 0.0414. The van der Waals surface area contributed by atoms with Crippen molar-refractivity contribution in [1.29, 1.82) is 0 Å². The maximum atomic E-state index is 13.0. The number of nitro groups is 1. The van der Waals surface area contributed by atoms with E-state index >= 15 is 0 Å². The fourth-order valence-corrected chi connectivity index (χ4v) is 4.24. The Kier molecular flexibility index (Phi) is 6.59. The summed E-state index contributed by atoms with van der Waals surface area (Å²) in [5, 5.41) is 11.0. The van der Waals surface area contributed by atoms with Crippen molar-refractivity contribution in [1.82, 2.24) is 4.90 Å². The highest BCUT2D eigenvalue weighted by Gasteiger charge is 2.22. The van der Waals surface area contributed by atoms with E-state index in [1.807, 2.05) is 6.92 Å². The topological polar surface area (TPSA) is 110 Å². The highest BCUT2D eigenvalue weighted by atomic mass is 32.2. The number of amides is 1. The predicted octanol–water partition coefficient (Wildman–Crippen LogP) is 4.54. The molecule has 3 aromatic carbocycles. The van der Waals surface area contributed by atoms with Crippen LogP contribution in [0.5, 0.6) is 0 Å². The minimum Gasteiger partial charge on any atom is -0.335 e. The smallest absolute Gasteiger partial charge is 0.269 e. The molecule has 0 aromatic heterocycles. The lowest BCUT2D eigenvalue weighted by molar-refractivity contribution is -0.384. The van der Waals surface area contributed by atoms with Crippen LogP contribution in [0.2, 0.25) is 0 Å². The monoisotopic (exact) mass is 453 g/mol. The summed E-state index contributed by atoms with van der Waals surface area (Å²) in [6.45, 7) is 3.65. The van der Waals surface area contributed by atoms with E-state index in [0.717, 1.165) is 5.56 Å². The summed E-state index contributed by atoms with van der Waals surface area (Å²) in [7, 11) is -2.32. The van der Waals surface area contributed by atoms with Gasteiger partial charge in [0.05, 0.1) is 15.9 Å². The molecule has 0 saturated carbocycles. The minimum atomic E-state index is -3.89. The summed E-state index contributed by atoms with van der Waals surface area (Å²) in [5.74, 6) is -0.406. The average molecular weight is 454 g/mol. The number of sulfonamides is 1. The molecular formula is C23H23N3O5S. The summed E-state index contributed by atoms with van der Waals surface area (Å²) >= 11 is 0. The summed E-state index contributed by atoms with van der Waals surface area (Å²) in [5.41, 5.74) is 2.15. The Bertz CT molecular complexity index is 1260. The molecule has 3 rings (SSSR count). The molecule has 1 atom stereocenters. The molecule has 3 aromatic rings. The molecule has 0 radical (unpaired) electrons. The molecule has 9 heteroatoms. The Balaban J connectivity index is 1.83. The largest absolute Gasteiger partial charge is 0.335 e. The zero-order valence-corrected chi connectivity index (χ0v) is 18.7. The molecule has 1 amide bonds. The number of non-ortho nitro benzene ring substituents is 1. The molecule has 0 spiro atoms. The van der Waals surface area contributed by atoms with Crippen LogP contribution in [0, 0.1) is 17.0 Å². The van der Waals surface area contributed by atoms with Gasteiger partial charge < -0.3 is 4.90 Å². The van der Waals surface area contributed by atoms with Crippen molar-refractivity contribution in [2.75, 3.05) is 11.8 Å². The molecule has 1 N–H and O–H groups in total. The number of nitrogens with zero attached hydrogens (tertiary/aromatic N) is 2. The lowest BCUT2D eigenvalue weighted by atomic mass is 10.1. The molecule has 0 unspecified atom stereocenters. The second kappa shape index (κ2) is 9.19. The van der Waals surface area contributed by atoms with Crippen molar-refractivity contribution >= 4 is 27.3 Å². The second-order valence-corrected chi connectivity index (χ2v) is 9.13. The number of nitrogens with one attached hydrogen (secondary N) is 1. The van der Waals surface area contributed by atoms with Crippen LogP contribution >= 0.6 is 0 Å². The molecule has 0 aliphatic rings. The first-order valence-corrected chi connectivity index (χ1v) is 11.3. The highest BCUT2D eigenvalue weighted by molar-refractivity contribution is 7.92. The average Bonchev–Trinajstić information content (AvgIpc) is 2.79. The Morgan fingerprint density at radius 2 is 1.69 bits per heavy atom. The normalized spacial score (nSPS) is 12.1. The molecule has 0 saturated heterocycles. The Morgan fingerprint density at radius 1 is 1.03 bits per heavy atom. The summed E-state index contributed by atoms with van der Waals surface area (Å²) in [6.07, 6.45) is 0. The van der Waals surface area contributed by atoms with Gasteiger partial charge in [-0.05, 0) is 49.7 Å². The zero-order valence-electron chi connectivity index (χ0n) is 17.8. The van der Waals surface area contributed by atoms with Gasteiger partial charge in [-0.2, -0.15) is 0 Å². The lowest BCUT2D eigenvalue weighted by Crippen LogP contribution is -2.30. The van der Waals surface area contributed by atoms with E-state index in [9.17, 15) is 23.3 Å². The van der Waals surface area contributed by atoms with Crippen molar-refractivity contribution in [2.24, 2.45) is 0 Å². The van der Waals surface area contributed by atoms with Gasteiger partial charge in [-0.1, -0.05) is 35.9 Å². The predicted molar refractivity (Wildman–Crippen MR) is 122 cm³/mol. The number of nitro benzene ring substituents is 1. The number of aryl methyl sites for hydroxylation is 1. The number of carbonyl (C=O) groups is 1. The van der Waals surface area contributed by atoms with Gasteiger partial charge in [0.15, 0.2) is 0 Å². The van der Waals surface area contributed by atoms with Gasteiger partial charge in [0, 0.05) is 30.4 Å². The van der Waals surface area contributed by atoms with Crippen LogP contribution in [0.15, 0.2) is 77.7 Å². The van der Waals surface area contributed by atoms with Gasteiger partial charge in [0.1, 0.15) is 0 Å². The Morgan fingerprint density at radius 3 is 2.34 bits per heavy atom. The van der Waals surface area contributed by atoms with E-state index in [-0.39, 0.29) is 16.1 Å². The van der Waals surface area contributed by atoms with Gasteiger partial charge in [0.25, 0.3) is 21.6 Å². The molecule has 0 fully saturated rings. The van der Waals surface area contributed by atoms with Crippen molar-refractivity contribution in [3.8, 4) is 0 Å². The Labute approximate surface area is 186 Å². The molecule has 8 nitrogen and oxygen atoms in total. The maximum Gasteiger partial charge on any atom is 0.269 e. The van der Waals surface area contributed by atoms with Crippen LogP contribution in [0.3, 0.4) is 0 Å². The fourth-order valence-electron chi connectivity index (χ4n) is 3.13. The van der Waals surface area contributed by atoms with Crippen LogP contribution in [-0.4, -0.2) is 31.2 Å². The number of hydrogen-bond acceptors (Lipinski definition) is 5. The second-order valence-electron chi connectivity index (χ2n) is 7.44. The third kappa shape index (κ3) is 5.12. The van der Waals surface area contributed by atoms with E-state index in [0.29, 0.717) is 11.3 Å². The van der Waals surface area contributed by atoms with Crippen molar-refractivity contribution in [2.45, 2.75) is 24.8 Å². The van der Waals surface area contributed by atoms with Crippen molar-refractivity contribution in [3.05, 3.63) is 99.6 Å². The molecule has 166 valence electrons. The number of carbonyl (C=O) groups excluding carboxylic acids is 1. The molecule has 32 heavy (non-hydrogen) atoms. The van der Waals surface area contributed by atoms with Gasteiger partial charge in [-0.3, -0.25) is 19.6 Å². The van der Waals surface area contributed by atoms with E-state index in [4.69, 9.17) is 0 Å². The highest BCUT2D eigenvalue weighted by Crippen LogP contribution is 2.25. The first-order chi connectivity index (χ1) is 15.1.